The van der Waals surface area contributed by atoms with Gasteiger partial charge in [0.1, 0.15) is 0 Å². The Morgan fingerprint density at radius 2 is 2.00 bits per heavy atom. The van der Waals surface area contributed by atoms with Gasteiger partial charge in [0.25, 0.3) is 11.8 Å². The quantitative estimate of drug-likeness (QED) is 0.604. The largest absolute Gasteiger partial charge is 0.283 e. The van der Waals surface area contributed by atoms with E-state index in [1.165, 1.54) is 4.90 Å². The Morgan fingerprint density at radius 3 is 2.67 bits per heavy atom. The Labute approximate surface area is 105 Å². The average molecular weight is 244 g/mol. The molecule has 0 bridgehead atoms. The molecule has 5 heteroatoms. The predicted molar refractivity (Wildman–Crippen MR) is 66.0 cm³/mol. The van der Waals surface area contributed by atoms with E-state index in [1.807, 2.05) is 32.0 Å². The molecule has 2 atom stereocenters. The molecule has 1 saturated heterocycles. The summed E-state index contributed by atoms with van der Waals surface area (Å²) >= 11 is 0. The summed E-state index contributed by atoms with van der Waals surface area (Å²) in [5.41, 5.74) is 1.66. The van der Waals surface area contributed by atoms with Gasteiger partial charge in [-0.05, 0) is 24.6 Å². The molecule has 1 aromatic rings. The van der Waals surface area contributed by atoms with Gasteiger partial charge in [0.2, 0.25) is 17.9 Å². The van der Waals surface area contributed by atoms with Gasteiger partial charge < -0.3 is 0 Å². The second-order valence-electron chi connectivity index (χ2n) is 4.72. The zero-order valence-electron chi connectivity index (χ0n) is 10.2. The smallest absolute Gasteiger partial charge is 0.269 e. The number of benzene rings is 1. The Bertz CT molecular complexity index is 579. The van der Waals surface area contributed by atoms with Crippen LogP contribution in [-0.2, 0) is 9.59 Å². The molecular formula is C13H14N3O2+. The van der Waals surface area contributed by atoms with E-state index in [9.17, 15) is 9.59 Å². The van der Waals surface area contributed by atoms with Crippen LogP contribution in [0.1, 0.15) is 12.5 Å². The van der Waals surface area contributed by atoms with Gasteiger partial charge >= 0.3 is 0 Å². The zero-order chi connectivity index (χ0) is 12.9. The number of anilines is 1. The van der Waals surface area contributed by atoms with Crippen LogP contribution in [0.4, 0.5) is 5.69 Å². The number of amides is 2. The van der Waals surface area contributed by atoms with E-state index in [0.717, 1.165) is 11.4 Å². The maximum atomic E-state index is 12.2. The molecule has 18 heavy (non-hydrogen) atoms. The van der Waals surface area contributed by atoms with Crippen molar-refractivity contribution in [1.82, 2.24) is 5.32 Å². The summed E-state index contributed by atoms with van der Waals surface area (Å²) in [6, 6.07) is 6.45. The summed E-state index contributed by atoms with van der Waals surface area (Å²) < 4.78 is 0. The maximum absolute atomic E-state index is 12.2. The lowest BCUT2D eigenvalue weighted by molar-refractivity contribution is -0.476. The minimum atomic E-state index is -0.474. The molecule has 2 aliphatic heterocycles. The van der Waals surface area contributed by atoms with Crippen molar-refractivity contribution in [3.05, 3.63) is 29.8 Å². The molecule has 0 saturated carbocycles. The van der Waals surface area contributed by atoms with Crippen LogP contribution in [0.3, 0.4) is 0 Å². The highest BCUT2D eigenvalue weighted by Gasteiger charge is 2.55. The highest BCUT2D eigenvalue weighted by Crippen LogP contribution is 2.23. The van der Waals surface area contributed by atoms with Crippen LogP contribution in [0.5, 0.6) is 0 Å². The van der Waals surface area contributed by atoms with Crippen LogP contribution < -0.4 is 15.2 Å². The first-order valence-corrected chi connectivity index (χ1v) is 5.89. The summed E-state index contributed by atoms with van der Waals surface area (Å²) in [5.74, 6) is 0.385. The summed E-state index contributed by atoms with van der Waals surface area (Å²) in [6.07, 6.45) is 0. The van der Waals surface area contributed by atoms with Gasteiger partial charge in [0.15, 0.2) is 0 Å². The van der Waals surface area contributed by atoms with Gasteiger partial charge in [-0.15, -0.1) is 0 Å². The molecule has 3 rings (SSSR count). The number of nitrogens with one attached hydrogen (secondary N) is 2. The number of hydrogen-bond donors (Lipinski definition) is 2. The Kier molecular flexibility index (Phi) is 2.23. The van der Waals surface area contributed by atoms with Crippen LogP contribution in [0, 0.1) is 6.92 Å². The van der Waals surface area contributed by atoms with E-state index in [2.05, 4.69) is 10.3 Å². The van der Waals surface area contributed by atoms with Crippen LogP contribution in [0.25, 0.3) is 0 Å². The molecule has 2 aliphatic rings. The number of carbonyl (C=O) groups is 2. The number of rotatable bonds is 1. The molecule has 0 radical (unpaired) electrons. The van der Waals surface area contributed by atoms with Gasteiger partial charge in [0, 0.05) is 6.92 Å². The fourth-order valence-corrected chi connectivity index (χ4v) is 2.49. The molecule has 5 nitrogen and oxygen atoms in total. The summed E-state index contributed by atoms with van der Waals surface area (Å²) in [6.45, 7) is 3.75. The van der Waals surface area contributed by atoms with Gasteiger partial charge in [-0.1, -0.05) is 12.1 Å². The van der Waals surface area contributed by atoms with Crippen molar-refractivity contribution >= 4 is 23.3 Å². The van der Waals surface area contributed by atoms with E-state index < -0.39 is 12.1 Å². The Morgan fingerprint density at radius 1 is 1.22 bits per heavy atom. The fourth-order valence-electron chi connectivity index (χ4n) is 2.49. The van der Waals surface area contributed by atoms with E-state index >= 15 is 0 Å². The van der Waals surface area contributed by atoms with Crippen LogP contribution in [0.15, 0.2) is 24.3 Å². The average Bonchev–Trinajstić information content (AvgIpc) is 2.79. The lowest BCUT2D eigenvalue weighted by atomic mass is 10.2. The van der Waals surface area contributed by atoms with Gasteiger partial charge in [-0.25, -0.2) is 4.90 Å². The van der Waals surface area contributed by atoms with E-state index in [1.54, 1.807) is 6.07 Å². The zero-order valence-corrected chi connectivity index (χ0v) is 10.2. The van der Waals surface area contributed by atoms with E-state index in [0.29, 0.717) is 5.69 Å². The fraction of sp³-hybridized carbons (Fsp3) is 0.308. The molecule has 0 aliphatic carbocycles. The number of nitrogens with zero attached hydrogens (tertiary/aromatic N) is 1. The van der Waals surface area contributed by atoms with E-state index in [-0.39, 0.29) is 11.8 Å². The predicted octanol–water partition coefficient (Wildman–Crippen LogP) is -1.29. The number of hydrogen-bond acceptors (Lipinski definition) is 3. The maximum Gasteiger partial charge on any atom is 0.283 e. The van der Waals surface area contributed by atoms with Crippen molar-refractivity contribution < 1.29 is 14.6 Å². The normalized spacial score (nSPS) is 26.1. The molecule has 1 aromatic carbocycles. The first kappa shape index (κ1) is 11.0. The van der Waals surface area contributed by atoms with Crippen LogP contribution in [-0.4, -0.2) is 29.7 Å². The van der Waals surface area contributed by atoms with Gasteiger partial charge in [0.05, 0.1) is 5.69 Å². The molecule has 0 spiro atoms. The second kappa shape index (κ2) is 3.66. The number of amidine groups is 1. The molecule has 2 amide bonds. The number of imide groups is 1. The first-order chi connectivity index (χ1) is 8.58. The topological polar surface area (TPSA) is 63.4 Å². The second-order valence-corrected chi connectivity index (χ2v) is 4.72. The van der Waals surface area contributed by atoms with Crippen LogP contribution >= 0.6 is 0 Å². The Hall–Kier alpha value is -2.17. The number of aryl methyl sites for hydroxylation is 1. The number of fused-ring (bicyclic) bond motifs is 1. The molecule has 0 unspecified atom stereocenters. The monoisotopic (exact) mass is 244 g/mol. The SMILES string of the molecule is CC1=[NH+][C@H]2C(=O)N(c3cccc(C)c3)C(=O)[C@@H]2N1. The Balaban J connectivity index is 2.00. The van der Waals surface area contributed by atoms with E-state index in [4.69, 9.17) is 0 Å². The standard InChI is InChI=1S/C13H13N3O2/c1-7-4-3-5-9(6-7)16-12(17)10-11(13(16)18)15-8(2)14-10/h3-6,10-11H,1-2H3,(H,14,15)/p+1/t10-,11-/m1/s1. The van der Waals surface area contributed by atoms with Crippen molar-refractivity contribution in [3.8, 4) is 0 Å². The number of carbonyl (C=O) groups excluding carboxylic acids is 2. The third-order valence-corrected chi connectivity index (χ3v) is 3.31. The third-order valence-electron chi connectivity index (χ3n) is 3.31. The van der Waals surface area contributed by atoms with Crippen molar-refractivity contribution in [1.29, 1.82) is 0 Å². The first-order valence-electron chi connectivity index (χ1n) is 5.89. The highest BCUT2D eigenvalue weighted by atomic mass is 16.2. The highest BCUT2D eigenvalue weighted by molar-refractivity contribution is 6.25. The molecule has 1 fully saturated rings. The lowest BCUT2D eigenvalue weighted by Gasteiger charge is -2.14. The molecule has 2 N–H and O–H groups in total. The van der Waals surface area contributed by atoms with Gasteiger partial charge in [-0.2, -0.15) is 0 Å². The minimum absolute atomic E-state index is 0.194. The van der Waals surface area contributed by atoms with Gasteiger partial charge in [-0.3, -0.25) is 19.9 Å². The third kappa shape index (κ3) is 1.44. The molecule has 2 heterocycles. The van der Waals surface area contributed by atoms with Crippen molar-refractivity contribution in [2.75, 3.05) is 4.90 Å². The summed E-state index contributed by atoms with van der Waals surface area (Å²) in [4.78, 5) is 28.8. The van der Waals surface area contributed by atoms with Crippen LogP contribution in [0.2, 0.25) is 0 Å². The van der Waals surface area contributed by atoms with Crippen molar-refractivity contribution in [2.45, 2.75) is 25.9 Å². The molecule has 0 aromatic heterocycles. The lowest BCUT2D eigenvalue weighted by Crippen LogP contribution is -2.79. The molecular weight excluding hydrogens is 230 g/mol. The summed E-state index contributed by atoms with van der Waals surface area (Å²) in [7, 11) is 0. The van der Waals surface area contributed by atoms with Crippen molar-refractivity contribution in [2.24, 2.45) is 0 Å². The van der Waals surface area contributed by atoms with Crippen molar-refractivity contribution in [3.63, 3.8) is 0 Å². The minimum Gasteiger partial charge on any atom is -0.269 e. The molecule has 92 valence electrons. The summed E-state index contributed by atoms with van der Waals surface area (Å²) in [5, 5.41) is 3.00.